The Morgan fingerprint density at radius 2 is 2.00 bits per heavy atom. The van der Waals surface area contributed by atoms with Gasteiger partial charge in [0.25, 0.3) is 5.69 Å². The van der Waals surface area contributed by atoms with Gasteiger partial charge in [-0.3, -0.25) is 10.1 Å². The number of nitrogens with two attached hydrogens (primary N) is 1. The number of nitro benzene ring substituents is 1. The zero-order chi connectivity index (χ0) is 15.9. The van der Waals surface area contributed by atoms with E-state index in [1.165, 1.54) is 12.1 Å². The van der Waals surface area contributed by atoms with Gasteiger partial charge in [-0.25, -0.2) is 0 Å². The second-order valence-electron chi connectivity index (χ2n) is 4.41. The molecule has 22 heavy (non-hydrogen) atoms. The van der Waals surface area contributed by atoms with Gasteiger partial charge in [-0.05, 0) is 29.8 Å². The van der Waals surface area contributed by atoms with Crippen molar-refractivity contribution in [1.29, 1.82) is 0 Å². The number of nitro groups is 1. The van der Waals surface area contributed by atoms with E-state index >= 15 is 0 Å². The first-order valence-corrected chi connectivity index (χ1v) is 6.43. The molecule has 0 radical (unpaired) electrons. The van der Waals surface area contributed by atoms with Gasteiger partial charge in [-0.2, -0.15) is 0 Å². The first kappa shape index (κ1) is 15.3. The van der Waals surface area contributed by atoms with E-state index in [1.54, 1.807) is 43.5 Å². The number of amidine groups is 1. The van der Waals surface area contributed by atoms with Crippen LogP contribution < -0.4 is 10.5 Å². The summed E-state index contributed by atoms with van der Waals surface area (Å²) in [4.78, 5) is 15.4. The second-order valence-corrected chi connectivity index (χ2v) is 4.41. The summed E-state index contributed by atoms with van der Waals surface area (Å²) in [7, 11) is 1.58. The van der Waals surface area contributed by atoms with Crippen molar-refractivity contribution in [2.75, 3.05) is 7.11 Å². The van der Waals surface area contributed by atoms with Crippen LogP contribution in [0.3, 0.4) is 0 Å². The standard InChI is InChI=1S/C15H15N3O4/c1-21-14-7-5-12(6-8-14)15(16)17-22-10-11-3-2-4-13(9-11)18(19)20/h2-9H,10H2,1H3,(H2,16,17). The maximum Gasteiger partial charge on any atom is 0.269 e. The largest absolute Gasteiger partial charge is 0.497 e. The molecule has 0 amide bonds. The highest BCUT2D eigenvalue weighted by Gasteiger charge is 2.06. The first-order chi connectivity index (χ1) is 10.6. The molecule has 0 bridgehead atoms. The summed E-state index contributed by atoms with van der Waals surface area (Å²) in [5, 5.41) is 14.5. The molecule has 7 nitrogen and oxygen atoms in total. The number of non-ortho nitro benzene ring substituents is 1. The first-order valence-electron chi connectivity index (χ1n) is 6.43. The molecular formula is C15H15N3O4. The summed E-state index contributed by atoms with van der Waals surface area (Å²) in [6, 6.07) is 13.2. The van der Waals surface area contributed by atoms with Crippen LogP contribution in [0.25, 0.3) is 0 Å². The maximum absolute atomic E-state index is 10.7. The van der Waals surface area contributed by atoms with Crippen LogP contribution in [0.5, 0.6) is 5.75 Å². The molecule has 2 aromatic rings. The number of oxime groups is 1. The lowest BCUT2D eigenvalue weighted by molar-refractivity contribution is -0.384. The number of hydrogen-bond acceptors (Lipinski definition) is 5. The molecule has 2 aromatic carbocycles. The molecular weight excluding hydrogens is 286 g/mol. The molecule has 0 heterocycles. The second kappa shape index (κ2) is 7.07. The fourth-order valence-electron chi connectivity index (χ4n) is 1.75. The topological polar surface area (TPSA) is 100.0 Å². The molecule has 0 spiro atoms. The lowest BCUT2D eigenvalue weighted by Gasteiger charge is -2.04. The third kappa shape index (κ3) is 3.95. The third-order valence-corrected chi connectivity index (χ3v) is 2.90. The molecule has 7 heteroatoms. The van der Waals surface area contributed by atoms with Crippen LogP contribution >= 0.6 is 0 Å². The highest BCUT2D eigenvalue weighted by molar-refractivity contribution is 5.97. The third-order valence-electron chi connectivity index (χ3n) is 2.90. The number of benzene rings is 2. The van der Waals surface area contributed by atoms with Gasteiger partial charge in [0.1, 0.15) is 12.4 Å². The van der Waals surface area contributed by atoms with E-state index < -0.39 is 4.92 Å². The van der Waals surface area contributed by atoms with Crippen molar-refractivity contribution in [2.24, 2.45) is 10.9 Å². The highest BCUT2D eigenvalue weighted by atomic mass is 16.6. The molecule has 0 aliphatic rings. The number of rotatable bonds is 6. The van der Waals surface area contributed by atoms with E-state index in [0.717, 1.165) is 0 Å². The summed E-state index contributed by atoms with van der Waals surface area (Å²) < 4.78 is 5.05. The summed E-state index contributed by atoms with van der Waals surface area (Å²) >= 11 is 0. The smallest absolute Gasteiger partial charge is 0.269 e. The van der Waals surface area contributed by atoms with Gasteiger partial charge in [0, 0.05) is 17.7 Å². The van der Waals surface area contributed by atoms with E-state index in [2.05, 4.69) is 5.16 Å². The predicted octanol–water partition coefficient (Wildman–Crippen LogP) is 2.44. The van der Waals surface area contributed by atoms with Gasteiger partial charge in [0.2, 0.25) is 0 Å². The Morgan fingerprint density at radius 1 is 1.27 bits per heavy atom. The maximum atomic E-state index is 10.7. The lowest BCUT2D eigenvalue weighted by atomic mass is 10.2. The van der Waals surface area contributed by atoms with Crippen molar-refractivity contribution in [2.45, 2.75) is 6.61 Å². The molecule has 0 aliphatic carbocycles. The molecule has 0 aliphatic heterocycles. The minimum atomic E-state index is -0.460. The molecule has 2 rings (SSSR count). The van der Waals surface area contributed by atoms with Crippen LogP contribution in [-0.4, -0.2) is 17.9 Å². The fraction of sp³-hybridized carbons (Fsp3) is 0.133. The van der Waals surface area contributed by atoms with E-state index in [1.807, 2.05) is 0 Å². The minimum Gasteiger partial charge on any atom is -0.497 e. The quantitative estimate of drug-likeness (QED) is 0.382. The van der Waals surface area contributed by atoms with E-state index in [4.69, 9.17) is 15.3 Å². The van der Waals surface area contributed by atoms with Crippen molar-refractivity contribution < 1.29 is 14.5 Å². The fourth-order valence-corrected chi connectivity index (χ4v) is 1.75. The van der Waals surface area contributed by atoms with Gasteiger partial charge in [0.15, 0.2) is 5.84 Å². The Kier molecular flexibility index (Phi) is 4.92. The summed E-state index contributed by atoms with van der Waals surface area (Å²) in [6.45, 7) is 0.0958. The molecule has 0 fully saturated rings. The Bertz CT molecular complexity index is 683. The predicted molar refractivity (Wildman–Crippen MR) is 81.6 cm³/mol. The van der Waals surface area contributed by atoms with Crippen LogP contribution in [-0.2, 0) is 11.4 Å². The monoisotopic (exact) mass is 301 g/mol. The molecule has 0 unspecified atom stereocenters. The van der Waals surface area contributed by atoms with Crippen molar-refractivity contribution in [3.8, 4) is 5.75 Å². The average molecular weight is 301 g/mol. The van der Waals surface area contributed by atoms with Crippen molar-refractivity contribution >= 4 is 11.5 Å². The minimum absolute atomic E-state index is 0.00760. The van der Waals surface area contributed by atoms with Gasteiger partial charge in [-0.1, -0.05) is 17.3 Å². The van der Waals surface area contributed by atoms with E-state index in [0.29, 0.717) is 16.9 Å². The van der Waals surface area contributed by atoms with E-state index in [9.17, 15) is 10.1 Å². The Morgan fingerprint density at radius 3 is 2.64 bits per heavy atom. The lowest BCUT2D eigenvalue weighted by Crippen LogP contribution is -2.13. The summed E-state index contributed by atoms with van der Waals surface area (Å²) in [5.41, 5.74) is 7.15. The molecule has 0 atom stereocenters. The van der Waals surface area contributed by atoms with Crippen LogP contribution in [0.2, 0.25) is 0 Å². The normalized spacial score (nSPS) is 11.0. The van der Waals surface area contributed by atoms with Crippen LogP contribution in [0.4, 0.5) is 5.69 Å². The Balaban J connectivity index is 1.99. The summed E-state index contributed by atoms with van der Waals surface area (Å²) in [6.07, 6.45) is 0. The van der Waals surface area contributed by atoms with E-state index in [-0.39, 0.29) is 18.1 Å². The number of hydrogen-bond donors (Lipinski definition) is 1. The van der Waals surface area contributed by atoms with Gasteiger partial charge in [-0.15, -0.1) is 0 Å². The van der Waals surface area contributed by atoms with Gasteiger partial charge in [0.05, 0.1) is 12.0 Å². The van der Waals surface area contributed by atoms with Crippen LogP contribution in [0, 0.1) is 10.1 Å². The molecule has 0 saturated carbocycles. The number of nitrogens with zero attached hydrogens (tertiary/aromatic N) is 2. The van der Waals surface area contributed by atoms with Crippen LogP contribution in [0.1, 0.15) is 11.1 Å². The Labute approximate surface area is 127 Å². The molecule has 0 saturated heterocycles. The number of ether oxygens (including phenoxy) is 1. The zero-order valence-corrected chi connectivity index (χ0v) is 11.9. The van der Waals surface area contributed by atoms with Crippen molar-refractivity contribution in [1.82, 2.24) is 0 Å². The Hall–Kier alpha value is -3.09. The van der Waals surface area contributed by atoms with Crippen molar-refractivity contribution in [3.63, 3.8) is 0 Å². The summed E-state index contributed by atoms with van der Waals surface area (Å²) in [5.74, 6) is 0.933. The van der Waals surface area contributed by atoms with Gasteiger partial charge < -0.3 is 15.3 Å². The van der Waals surface area contributed by atoms with Crippen LogP contribution in [0.15, 0.2) is 53.7 Å². The SMILES string of the molecule is COc1ccc(/C(N)=N/OCc2cccc([N+](=O)[O-])c2)cc1. The average Bonchev–Trinajstić information content (AvgIpc) is 2.55. The number of methoxy groups -OCH3 is 1. The molecule has 114 valence electrons. The zero-order valence-electron chi connectivity index (χ0n) is 11.9. The van der Waals surface area contributed by atoms with Crippen molar-refractivity contribution in [3.05, 3.63) is 69.8 Å². The highest BCUT2D eigenvalue weighted by Crippen LogP contribution is 2.14. The van der Waals surface area contributed by atoms with Gasteiger partial charge >= 0.3 is 0 Å². The molecule has 2 N–H and O–H groups in total. The molecule has 0 aromatic heterocycles.